The van der Waals surface area contributed by atoms with Crippen LogP contribution in [0.4, 0.5) is 0 Å². The molecule has 1 unspecified atom stereocenters. The van der Waals surface area contributed by atoms with E-state index in [-0.39, 0.29) is 11.7 Å². The van der Waals surface area contributed by atoms with Crippen LogP contribution in [0.5, 0.6) is 5.75 Å². The molecule has 0 amide bonds. The summed E-state index contributed by atoms with van der Waals surface area (Å²) in [6.07, 6.45) is 6.90. The van der Waals surface area contributed by atoms with Crippen molar-refractivity contribution in [1.29, 1.82) is 0 Å². The maximum Gasteiger partial charge on any atom is 0.290 e. The molecule has 0 fully saturated rings. The van der Waals surface area contributed by atoms with Crippen LogP contribution in [0.25, 0.3) is 0 Å². The third kappa shape index (κ3) is 4.73. The van der Waals surface area contributed by atoms with Gasteiger partial charge in [0.15, 0.2) is 5.75 Å². The number of nitrogens with one attached hydrogen (secondary N) is 1. The summed E-state index contributed by atoms with van der Waals surface area (Å²) in [6.45, 7) is 2.15. The zero-order valence-corrected chi connectivity index (χ0v) is 10.8. The van der Waals surface area contributed by atoms with Crippen molar-refractivity contribution >= 4 is 6.29 Å². The molecule has 1 atom stereocenters. The summed E-state index contributed by atoms with van der Waals surface area (Å²) in [4.78, 5) is 24.8. The summed E-state index contributed by atoms with van der Waals surface area (Å²) in [5.41, 5.74) is 0.202. The number of rotatable bonds is 8. The Bertz CT molecular complexity index is 425. The van der Waals surface area contributed by atoms with Gasteiger partial charge >= 0.3 is 0 Å². The second kappa shape index (κ2) is 7.69. The van der Waals surface area contributed by atoms with Crippen molar-refractivity contribution in [3.05, 3.63) is 28.2 Å². The van der Waals surface area contributed by atoms with E-state index in [0.717, 1.165) is 25.5 Å². The van der Waals surface area contributed by atoms with E-state index in [9.17, 15) is 9.59 Å². The molecule has 100 valence electrons. The topological polar surface area (TPSA) is 70.2 Å². The fraction of sp³-hybridized carbons (Fsp3) is 0.571. The van der Waals surface area contributed by atoms with Crippen LogP contribution >= 0.6 is 0 Å². The Morgan fingerprint density at radius 1 is 1.33 bits per heavy atom. The maximum atomic E-state index is 11.2. The summed E-state index contributed by atoms with van der Waals surface area (Å²) >= 11 is 0. The SMILES string of the molecule is CCCCCCC(C=O)Cc1ccc(O)c(=O)[nH]1. The predicted octanol–water partition coefficient (Wildman–Crippen LogP) is 2.41. The van der Waals surface area contributed by atoms with E-state index in [4.69, 9.17) is 5.11 Å². The molecule has 0 aliphatic heterocycles. The van der Waals surface area contributed by atoms with Crippen LogP contribution in [-0.2, 0) is 11.2 Å². The van der Waals surface area contributed by atoms with Gasteiger partial charge in [0.2, 0.25) is 0 Å². The molecule has 4 nitrogen and oxygen atoms in total. The van der Waals surface area contributed by atoms with E-state index in [1.54, 1.807) is 6.07 Å². The number of pyridine rings is 1. The monoisotopic (exact) mass is 251 g/mol. The fourth-order valence-electron chi connectivity index (χ4n) is 1.96. The van der Waals surface area contributed by atoms with Crippen LogP contribution < -0.4 is 5.56 Å². The molecule has 1 heterocycles. The first-order valence-electron chi connectivity index (χ1n) is 6.53. The van der Waals surface area contributed by atoms with Gasteiger partial charge in [-0.1, -0.05) is 32.6 Å². The first-order valence-corrected chi connectivity index (χ1v) is 6.53. The summed E-state index contributed by atoms with van der Waals surface area (Å²) in [5.74, 6) is -0.341. The maximum absolute atomic E-state index is 11.2. The molecule has 0 saturated heterocycles. The van der Waals surface area contributed by atoms with Gasteiger partial charge in [-0.2, -0.15) is 0 Å². The highest BCUT2D eigenvalue weighted by Crippen LogP contribution is 2.14. The molecule has 1 rings (SSSR count). The summed E-state index contributed by atoms with van der Waals surface area (Å²) in [5, 5.41) is 9.12. The summed E-state index contributed by atoms with van der Waals surface area (Å²) in [7, 11) is 0. The minimum Gasteiger partial charge on any atom is -0.503 e. The zero-order chi connectivity index (χ0) is 13.4. The Kier molecular flexibility index (Phi) is 6.19. The highest BCUT2D eigenvalue weighted by atomic mass is 16.3. The Labute approximate surface area is 107 Å². The van der Waals surface area contributed by atoms with Crippen molar-refractivity contribution in [2.75, 3.05) is 0 Å². The van der Waals surface area contributed by atoms with E-state index < -0.39 is 5.56 Å². The third-order valence-corrected chi connectivity index (χ3v) is 3.05. The fourth-order valence-corrected chi connectivity index (χ4v) is 1.96. The van der Waals surface area contributed by atoms with Gasteiger partial charge in [-0.15, -0.1) is 0 Å². The Morgan fingerprint density at radius 3 is 2.72 bits per heavy atom. The molecule has 1 aromatic heterocycles. The smallest absolute Gasteiger partial charge is 0.290 e. The predicted molar refractivity (Wildman–Crippen MR) is 70.7 cm³/mol. The molecule has 0 spiro atoms. The zero-order valence-electron chi connectivity index (χ0n) is 10.8. The highest BCUT2D eigenvalue weighted by Gasteiger charge is 2.09. The lowest BCUT2D eigenvalue weighted by molar-refractivity contribution is -0.111. The average molecular weight is 251 g/mol. The van der Waals surface area contributed by atoms with Gasteiger partial charge in [-0.25, -0.2) is 0 Å². The molecular formula is C14H21NO3. The molecule has 0 saturated carbocycles. The lowest BCUT2D eigenvalue weighted by atomic mass is 9.97. The summed E-state index contributed by atoms with van der Waals surface area (Å²) < 4.78 is 0. The van der Waals surface area contributed by atoms with Crippen LogP contribution in [-0.4, -0.2) is 16.4 Å². The number of aldehydes is 1. The van der Waals surface area contributed by atoms with Crippen molar-refractivity contribution in [2.45, 2.75) is 45.4 Å². The Morgan fingerprint density at radius 2 is 2.11 bits per heavy atom. The van der Waals surface area contributed by atoms with Gasteiger partial charge < -0.3 is 14.9 Å². The highest BCUT2D eigenvalue weighted by molar-refractivity contribution is 5.54. The molecule has 4 heteroatoms. The minimum absolute atomic E-state index is 0.0537. The van der Waals surface area contributed by atoms with Gasteiger partial charge in [0.1, 0.15) is 6.29 Å². The Hall–Kier alpha value is -1.58. The Balaban J connectivity index is 2.49. The van der Waals surface area contributed by atoms with Crippen LogP contribution in [0.2, 0.25) is 0 Å². The molecule has 0 aliphatic rings. The van der Waals surface area contributed by atoms with E-state index in [1.807, 2.05) is 0 Å². The molecule has 2 N–H and O–H groups in total. The van der Waals surface area contributed by atoms with Gasteiger partial charge in [-0.3, -0.25) is 4.79 Å². The van der Waals surface area contributed by atoms with Crippen molar-refractivity contribution < 1.29 is 9.90 Å². The number of hydrogen-bond acceptors (Lipinski definition) is 3. The van der Waals surface area contributed by atoms with Gasteiger partial charge in [0.05, 0.1) is 0 Å². The van der Waals surface area contributed by atoms with E-state index in [2.05, 4.69) is 11.9 Å². The lowest BCUT2D eigenvalue weighted by Gasteiger charge is -2.09. The van der Waals surface area contributed by atoms with E-state index in [0.29, 0.717) is 12.1 Å². The van der Waals surface area contributed by atoms with Crippen LogP contribution in [0.1, 0.15) is 44.7 Å². The van der Waals surface area contributed by atoms with Gasteiger partial charge in [0, 0.05) is 11.6 Å². The minimum atomic E-state index is -0.497. The van der Waals surface area contributed by atoms with E-state index >= 15 is 0 Å². The normalized spacial score (nSPS) is 12.3. The average Bonchev–Trinajstić information content (AvgIpc) is 2.37. The van der Waals surface area contributed by atoms with Crippen LogP contribution in [0.15, 0.2) is 16.9 Å². The molecule has 0 bridgehead atoms. The molecule has 0 aliphatic carbocycles. The first kappa shape index (κ1) is 14.5. The number of aromatic hydroxyl groups is 1. The number of H-pyrrole nitrogens is 1. The molecule has 0 radical (unpaired) electrons. The number of aromatic nitrogens is 1. The second-order valence-corrected chi connectivity index (χ2v) is 4.65. The summed E-state index contributed by atoms with van der Waals surface area (Å²) in [6, 6.07) is 3.02. The number of unbranched alkanes of at least 4 members (excludes halogenated alkanes) is 3. The number of aromatic amines is 1. The van der Waals surface area contributed by atoms with Gasteiger partial charge in [0.25, 0.3) is 5.56 Å². The van der Waals surface area contributed by atoms with Crippen molar-refractivity contribution in [2.24, 2.45) is 5.92 Å². The molecule has 1 aromatic rings. The number of hydrogen-bond donors (Lipinski definition) is 2. The third-order valence-electron chi connectivity index (χ3n) is 3.05. The van der Waals surface area contributed by atoms with E-state index in [1.165, 1.54) is 18.9 Å². The van der Waals surface area contributed by atoms with Crippen molar-refractivity contribution in [3.8, 4) is 5.75 Å². The molecule has 18 heavy (non-hydrogen) atoms. The van der Waals surface area contributed by atoms with Gasteiger partial charge in [-0.05, 0) is 25.0 Å². The van der Waals surface area contributed by atoms with Crippen molar-refractivity contribution in [3.63, 3.8) is 0 Å². The quantitative estimate of drug-likeness (QED) is 0.550. The second-order valence-electron chi connectivity index (χ2n) is 4.65. The van der Waals surface area contributed by atoms with Crippen molar-refractivity contribution in [1.82, 2.24) is 4.98 Å². The number of carbonyl (C=O) groups excluding carboxylic acids is 1. The lowest BCUT2D eigenvalue weighted by Crippen LogP contribution is -2.13. The molecule has 0 aromatic carbocycles. The largest absolute Gasteiger partial charge is 0.503 e. The first-order chi connectivity index (χ1) is 8.67. The standard InChI is InChI=1S/C14H21NO3/c1-2-3-4-5-6-11(10-16)9-12-7-8-13(17)14(18)15-12/h7-8,10-11,17H,2-6,9H2,1H3,(H,15,18). The van der Waals surface area contributed by atoms with Crippen LogP contribution in [0.3, 0.4) is 0 Å². The molecular weight excluding hydrogens is 230 g/mol. The number of carbonyl (C=O) groups is 1. The van der Waals surface area contributed by atoms with Crippen LogP contribution in [0, 0.1) is 5.92 Å².